The van der Waals surface area contributed by atoms with Gasteiger partial charge >= 0.3 is 0 Å². The normalized spacial score (nSPS) is 28.3. The first-order valence-corrected chi connectivity index (χ1v) is 5.94. The number of hydrogen-bond acceptors (Lipinski definition) is 2. The Morgan fingerprint density at radius 1 is 1.43 bits per heavy atom. The molecule has 0 aliphatic carbocycles. The molecule has 1 saturated heterocycles. The third-order valence-corrected chi connectivity index (χ3v) is 3.26. The van der Waals surface area contributed by atoms with Gasteiger partial charge < -0.3 is 5.32 Å². The summed E-state index contributed by atoms with van der Waals surface area (Å²) in [6, 6.07) is 0.697. The lowest BCUT2D eigenvalue weighted by Crippen LogP contribution is -2.61. The number of rotatable bonds is 3. The van der Waals surface area contributed by atoms with Gasteiger partial charge in [0.05, 0.1) is 0 Å². The molecule has 0 radical (unpaired) electrons. The number of likely N-dealkylation sites (N-methyl/N-ethyl adjacent to an activating group) is 1. The van der Waals surface area contributed by atoms with Crippen molar-refractivity contribution in [3.8, 4) is 0 Å². The molecule has 14 heavy (non-hydrogen) atoms. The van der Waals surface area contributed by atoms with Gasteiger partial charge in [0, 0.05) is 24.7 Å². The maximum atomic E-state index is 3.66. The molecule has 2 heteroatoms. The monoisotopic (exact) mass is 198 g/mol. The van der Waals surface area contributed by atoms with Crippen molar-refractivity contribution in [2.24, 2.45) is 5.92 Å². The van der Waals surface area contributed by atoms with E-state index in [4.69, 9.17) is 0 Å². The van der Waals surface area contributed by atoms with Crippen LogP contribution in [0.3, 0.4) is 0 Å². The lowest BCUT2D eigenvalue weighted by atomic mass is 9.94. The van der Waals surface area contributed by atoms with E-state index in [1.54, 1.807) is 0 Å². The molecule has 0 aromatic rings. The van der Waals surface area contributed by atoms with Crippen LogP contribution < -0.4 is 5.32 Å². The van der Waals surface area contributed by atoms with Crippen molar-refractivity contribution in [3.63, 3.8) is 0 Å². The fourth-order valence-corrected chi connectivity index (χ4v) is 2.37. The first kappa shape index (κ1) is 12.0. The lowest BCUT2D eigenvalue weighted by molar-refractivity contribution is 0.0664. The van der Waals surface area contributed by atoms with Crippen molar-refractivity contribution in [1.82, 2.24) is 10.2 Å². The molecule has 1 rings (SSSR count). The number of piperazine rings is 1. The molecular weight excluding hydrogens is 172 g/mol. The standard InChI is InChI=1S/C12H26N2/c1-6-14-8-11(7-10(2)3)13-9-12(14,4)5/h10-11,13H,6-9H2,1-5H3. The zero-order valence-corrected chi connectivity index (χ0v) is 10.4. The molecule has 0 saturated carbocycles. The molecule has 0 bridgehead atoms. The molecule has 1 aliphatic heterocycles. The van der Waals surface area contributed by atoms with Gasteiger partial charge in [0.1, 0.15) is 0 Å². The second kappa shape index (κ2) is 4.63. The highest BCUT2D eigenvalue weighted by atomic mass is 15.3. The molecule has 0 aromatic carbocycles. The molecule has 2 nitrogen and oxygen atoms in total. The van der Waals surface area contributed by atoms with E-state index in [0.717, 1.165) is 12.5 Å². The van der Waals surface area contributed by atoms with E-state index in [9.17, 15) is 0 Å². The van der Waals surface area contributed by atoms with E-state index in [1.807, 2.05) is 0 Å². The summed E-state index contributed by atoms with van der Waals surface area (Å²) in [7, 11) is 0. The molecule has 1 unspecified atom stereocenters. The van der Waals surface area contributed by atoms with Crippen LogP contribution in [0.4, 0.5) is 0 Å². The zero-order chi connectivity index (χ0) is 10.8. The van der Waals surface area contributed by atoms with Gasteiger partial charge in [-0.15, -0.1) is 0 Å². The minimum atomic E-state index is 0.336. The van der Waals surface area contributed by atoms with Crippen LogP contribution in [0.1, 0.15) is 41.0 Å². The summed E-state index contributed by atoms with van der Waals surface area (Å²) in [4.78, 5) is 2.59. The van der Waals surface area contributed by atoms with Crippen LogP contribution >= 0.6 is 0 Å². The van der Waals surface area contributed by atoms with Gasteiger partial charge in [-0.25, -0.2) is 0 Å². The van der Waals surface area contributed by atoms with Crippen molar-refractivity contribution >= 4 is 0 Å². The predicted octanol–water partition coefficient (Wildman–Crippen LogP) is 2.10. The quantitative estimate of drug-likeness (QED) is 0.747. The molecule has 1 atom stereocenters. The van der Waals surface area contributed by atoms with E-state index in [2.05, 4.69) is 44.8 Å². The third kappa shape index (κ3) is 2.96. The Morgan fingerprint density at radius 2 is 2.07 bits per heavy atom. The Labute approximate surface area is 89.1 Å². The summed E-state index contributed by atoms with van der Waals surface area (Å²) in [6.07, 6.45) is 1.30. The smallest absolute Gasteiger partial charge is 0.0278 e. The topological polar surface area (TPSA) is 15.3 Å². The Balaban J connectivity index is 2.49. The van der Waals surface area contributed by atoms with E-state index in [-0.39, 0.29) is 0 Å². The average molecular weight is 198 g/mol. The van der Waals surface area contributed by atoms with Crippen LogP contribution in [0.25, 0.3) is 0 Å². The largest absolute Gasteiger partial charge is 0.311 e. The van der Waals surface area contributed by atoms with Crippen LogP contribution in [-0.4, -0.2) is 36.1 Å². The first-order valence-electron chi connectivity index (χ1n) is 5.94. The molecular formula is C12H26N2. The summed E-state index contributed by atoms with van der Waals surface area (Å²) < 4.78 is 0. The summed E-state index contributed by atoms with van der Waals surface area (Å²) in [5.74, 6) is 0.799. The highest BCUT2D eigenvalue weighted by Crippen LogP contribution is 2.20. The summed E-state index contributed by atoms with van der Waals surface area (Å²) in [5, 5.41) is 3.66. The molecule has 0 spiro atoms. The summed E-state index contributed by atoms with van der Waals surface area (Å²) >= 11 is 0. The maximum absolute atomic E-state index is 3.66. The number of nitrogens with zero attached hydrogens (tertiary/aromatic N) is 1. The van der Waals surface area contributed by atoms with Gasteiger partial charge in [0.25, 0.3) is 0 Å². The average Bonchev–Trinajstić information content (AvgIpc) is 2.07. The minimum absolute atomic E-state index is 0.336. The highest BCUT2D eigenvalue weighted by molar-refractivity contribution is 4.92. The van der Waals surface area contributed by atoms with Crippen molar-refractivity contribution in [2.45, 2.75) is 52.6 Å². The van der Waals surface area contributed by atoms with Crippen LogP contribution in [0.15, 0.2) is 0 Å². The Morgan fingerprint density at radius 3 is 2.57 bits per heavy atom. The van der Waals surface area contributed by atoms with Gasteiger partial charge in [-0.3, -0.25) is 4.90 Å². The number of hydrogen-bond donors (Lipinski definition) is 1. The Bertz CT molecular complexity index is 175. The van der Waals surface area contributed by atoms with Crippen LogP contribution in [0.2, 0.25) is 0 Å². The van der Waals surface area contributed by atoms with Crippen LogP contribution in [0, 0.1) is 5.92 Å². The summed E-state index contributed by atoms with van der Waals surface area (Å²) in [5.41, 5.74) is 0.336. The molecule has 1 fully saturated rings. The number of nitrogens with one attached hydrogen (secondary N) is 1. The van der Waals surface area contributed by atoms with Crippen molar-refractivity contribution < 1.29 is 0 Å². The first-order chi connectivity index (χ1) is 6.45. The second-order valence-corrected chi connectivity index (χ2v) is 5.56. The van der Waals surface area contributed by atoms with Gasteiger partial charge in [-0.1, -0.05) is 20.8 Å². The lowest BCUT2D eigenvalue weighted by Gasteiger charge is -2.46. The second-order valence-electron chi connectivity index (χ2n) is 5.56. The minimum Gasteiger partial charge on any atom is -0.311 e. The zero-order valence-electron chi connectivity index (χ0n) is 10.4. The van der Waals surface area contributed by atoms with Crippen molar-refractivity contribution in [2.75, 3.05) is 19.6 Å². The molecule has 0 aromatic heterocycles. The molecule has 1 heterocycles. The fraction of sp³-hybridized carbons (Fsp3) is 1.00. The van der Waals surface area contributed by atoms with E-state index >= 15 is 0 Å². The van der Waals surface area contributed by atoms with Crippen LogP contribution in [0.5, 0.6) is 0 Å². The van der Waals surface area contributed by atoms with Gasteiger partial charge in [-0.2, -0.15) is 0 Å². The molecule has 1 aliphatic rings. The van der Waals surface area contributed by atoms with Crippen molar-refractivity contribution in [1.29, 1.82) is 0 Å². The maximum Gasteiger partial charge on any atom is 0.0278 e. The van der Waals surface area contributed by atoms with Crippen molar-refractivity contribution in [3.05, 3.63) is 0 Å². The van der Waals surface area contributed by atoms with Gasteiger partial charge in [-0.05, 0) is 32.7 Å². The van der Waals surface area contributed by atoms with E-state index < -0.39 is 0 Å². The Hall–Kier alpha value is -0.0800. The molecule has 84 valence electrons. The highest BCUT2D eigenvalue weighted by Gasteiger charge is 2.32. The van der Waals surface area contributed by atoms with E-state index in [0.29, 0.717) is 11.6 Å². The van der Waals surface area contributed by atoms with Gasteiger partial charge in [0.15, 0.2) is 0 Å². The Kier molecular flexibility index (Phi) is 3.96. The third-order valence-electron chi connectivity index (χ3n) is 3.26. The van der Waals surface area contributed by atoms with E-state index in [1.165, 1.54) is 19.5 Å². The SMILES string of the molecule is CCN1CC(CC(C)C)NCC1(C)C. The fourth-order valence-electron chi connectivity index (χ4n) is 2.37. The molecule has 1 N–H and O–H groups in total. The van der Waals surface area contributed by atoms with Crippen LogP contribution in [-0.2, 0) is 0 Å². The van der Waals surface area contributed by atoms with Gasteiger partial charge in [0.2, 0.25) is 0 Å². The summed E-state index contributed by atoms with van der Waals surface area (Å²) in [6.45, 7) is 15.0. The predicted molar refractivity (Wildman–Crippen MR) is 62.6 cm³/mol. The molecule has 0 amide bonds.